The maximum atomic E-state index is 8.98. The standard InChI is InChI=1S/C7H9Cl2N3O/c1-4(13)2-10-7-6(9)12-5(8)3-11-7/h3-4,13H,2H2,1H3,(H,10,11). The molecule has 13 heavy (non-hydrogen) atoms. The van der Waals surface area contributed by atoms with Gasteiger partial charge in [-0.2, -0.15) is 0 Å². The highest BCUT2D eigenvalue weighted by molar-refractivity contribution is 6.33. The van der Waals surface area contributed by atoms with Gasteiger partial charge in [0.15, 0.2) is 11.0 Å². The Bertz CT molecular complexity index is 293. The molecule has 1 rings (SSSR count). The first-order valence-electron chi connectivity index (χ1n) is 3.69. The van der Waals surface area contributed by atoms with Crippen LogP contribution in [0.1, 0.15) is 6.92 Å². The first-order valence-corrected chi connectivity index (χ1v) is 4.45. The van der Waals surface area contributed by atoms with Gasteiger partial charge < -0.3 is 10.4 Å². The molecule has 0 amide bonds. The van der Waals surface area contributed by atoms with Gasteiger partial charge >= 0.3 is 0 Å². The van der Waals surface area contributed by atoms with E-state index < -0.39 is 6.10 Å². The number of rotatable bonds is 3. The van der Waals surface area contributed by atoms with Gasteiger partial charge in [0.05, 0.1) is 12.3 Å². The minimum Gasteiger partial charge on any atom is -0.392 e. The summed E-state index contributed by atoms with van der Waals surface area (Å²) in [5.41, 5.74) is 0. The largest absolute Gasteiger partial charge is 0.392 e. The van der Waals surface area contributed by atoms with E-state index in [1.165, 1.54) is 6.20 Å². The first kappa shape index (κ1) is 10.5. The van der Waals surface area contributed by atoms with Crippen LogP contribution in [0.5, 0.6) is 0 Å². The Morgan fingerprint density at radius 2 is 2.31 bits per heavy atom. The van der Waals surface area contributed by atoms with E-state index in [1.54, 1.807) is 6.92 Å². The summed E-state index contributed by atoms with van der Waals surface area (Å²) in [7, 11) is 0. The lowest BCUT2D eigenvalue weighted by Gasteiger charge is -2.07. The highest BCUT2D eigenvalue weighted by Gasteiger charge is 2.04. The summed E-state index contributed by atoms with van der Waals surface area (Å²) < 4.78 is 0. The number of hydrogen-bond acceptors (Lipinski definition) is 4. The van der Waals surface area contributed by atoms with E-state index in [2.05, 4.69) is 15.3 Å². The van der Waals surface area contributed by atoms with Gasteiger partial charge in [-0.3, -0.25) is 0 Å². The van der Waals surface area contributed by atoms with Crippen LogP contribution in [0.2, 0.25) is 10.3 Å². The summed E-state index contributed by atoms with van der Waals surface area (Å²) in [6.45, 7) is 2.03. The van der Waals surface area contributed by atoms with Crippen molar-refractivity contribution < 1.29 is 5.11 Å². The van der Waals surface area contributed by atoms with Crippen molar-refractivity contribution in [2.24, 2.45) is 0 Å². The Morgan fingerprint density at radius 3 is 2.85 bits per heavy atom. The summed E-state index contributed by atoms with van der Waals surface area (Å²) in [4.78, 5) is 7.68. The predicted octanol–water partition coefficient (Wildman–Crippen LogP) is 1.58. The van der Waals surface area contributed by atoms with Crippen LogP contribution in [0.25, 0.3) is 0 Å². The van der Waals surface area contributed by atoms with Gasteiger partial charge in [-0.05, 0) is 6.92 Å². The lowest BCUT2D eigenvalue weighted by atomic mass is 10.4. The van der Waals surface area contributed by atoms with Gasteiger partial charge in [0.2, 0.25) is 0 Å². The average Bonchev–Trinajstić information content (AvgIpc) is 2.02. The second-order valence-electron chi connectivity index (χ2n) is 2.56. The molecule has 0 aromatic carbocycles. The number of aliphatic hydroxyl groups excluding tert-OH is 1. The molecule has 0 aliphatic rings. The quantitative estimate of drug-likeness (QED) is 0.814. The van der Waals surface area contributed by atoms with E-state index in [4.69, 9.17) is 28.3 Å². The molecule has 4 nitrogen and oxygen atoms in total. The fraction of sp³-hybridized carbons (Fsp3) is 0.429. The van der Waals surface area contributed by atoms with Crippen LogP contribution in [-0.4, -0.2) is 27.7 Å². The molecule has 72 valence electrons. The highest BCUT2D eigenvalue weighted by Crippen LogP contribution is 2.17. The van der Waals surface area contributed by atoms with Crippen molar-refractivity contribution in [3.05, 3.63) is 16.5 Å². The summed E-state index contributed by atoms with van der Waals surface area (Å²) in [5, 5.41) is 12.2. The minimum atomic E-state index is -0.464. The molecule has 0 aliphatic carbocycles. The van der Waals surface area contributed by atoms with E-state index in [0.717, 1.165) is 0 Å². The molecular weight excluding hydrogens is 213 g/mol. The third-order valence-electron chi connectivity index (χ3n) is 1.27. The smallest absolute Gasteiger partial charge is 0.173 e. The summed E-state index contributed by atoms with van der Waals surface area (Å²) >= 11 is 11.3. The molecule has 0 saturated heterocycles. The van der Waals surface area contributed by atoms with Gasteiger partial charge in [0, 0.05) is 6.54 Å². The zero-order valence-electron chi connectivity index (χ0n) is 6.96. The molecule has 0 fully saturated rings. The maximum absolute atomic E-state index is 8.98. The molecule has 0 aliphatic heterocycles. The van der Waals surface area contributed by atoms with Crippen LogP contribution >= 0.6 is 23.2 Å². The van der Waals surface area contributed by atoms with Gasteiger partial charge in [0.25, 0.3) is 0 Å². The Hall–Kier alpha value is -0.580. The molecule has 1 atom stereocenters. The molecule has 0 radical (unpaired) electrons. The zero-order valence-corrected chi connectivity index (χ0v) is 8.47. The number of aromatic nitrogens is 2. The maximum Gasteiger partial charge on any atom is 0.173 e. The van der Waals surface area contributed by atoms with E-state index in [1.807, 2.05) is 0 Å². The van der Waals surface area contributed by atoms with Crippen molar-refractivity contribution in [3.63, 3.8) is 0 Å². The molecule has 0 bridgehead atoms. The molecule has 2 N–H and O–H groups in total. The van der Waals surface area contributed by atoms with Crippen molar-refractivity contribution in [2.45, 2.75) is 13.0 Å². The van der Waals surface area contributed by atoms with E-state index >= 15 is 0 Å². The number of nitrogens with one attached hydrogen (secondary N) is 1. The van der Waals surface area contributed by atoms with Gasteiger partial charge in [0.1, 0.15) is 5.15 Å². The van der Waals surface area contributed by atoms with Crippen LogP contribution in [0, 0.1) is 0 Å². The monoisotopic (exact) mass is 221 g/mol. The van der Waals surface area contributed by atoms with Crippen molar-refractivity contribution in [2.75, 3.05) is 11.9 Å². The van der Waals surface area contributed by atoms with E-state index in [-0.39, 0.29) is 10.3 Å². The molecule has 1 aromatic heterocycles. The van der Waals surface area contributed by atoms with Crippen LogP contribution in [0.4, 0.5) is 5.82 Å². The molecule has 1 heterocycles. The number of halogens is 2. The van der Waals surface area contributed by atoms with Crippen molar-refractivity contribution in [1.82, 2.24) is 9.97 Å². The van der Waals surface area contributed by atoms with Gasteiger partial charge in [-0.25, -0.2) is 9.97 Å². The zero-order chi connectivity index (χ0) is 9.84. The molecule has 6 heteroatoms. The van der Waals surface area contributed by atoms with E-state index in [0.29, 0.717) is 12.4 Å². The molecular formula is C7H9Cl2N3O. The Balaban J connectivity index is 2.67. The number of hydrogen-bond donors (Lipinski definition) is 2. The van der Waals surface area contributed by atoms with Gasteiger partial charge in [-0.1, -0.05) is 23.2 Å². The van der Waals surface area contributed by atoms with Crippen LogP contribution in [0.3, 0.4) is 0 Å². The van der Waals surface area contributed by atoms with Crippen molar-refractivity contribution in [1.29, 1.82) is 0 Å². The SMILES string of the molecule is CC(O)CNc1ncc(Cl)nc1Cl. The summed E-state index contributed by atoms with van der Waals surface area (Å²) in [6, 6.07) is 0. The topological polar surface area (TPSA) is 58.0 Å². The number of anilines is 1. The normalized spacial score (nSPS) is 12.6. The Kier molecular flexibility index (Phi) is 3.71. The second kappa shape index (κ2) is 4.60. The number of nitrogens with zero attached hydrogens (tertiary/aromatic N) is 2. The second-order valence-corrected chi connectivity index (χ2v) is 3.31. The van der Waals surface area contributed by atoms with Crippen LogP contribution in [-0.2, 0) is 0 Å². The lowest BCUT2D eigenvalue weighted by molar-refractivity contribution is 0.208. The highest BCUT2D eigenvalue weighted by atomic mass is 35.5. The minimum absolute atomic E-state index is 0.202. The third kappa shape index (κ3) is 3.34. The molecule has 0 saturated carbocycles. The first-order chi connectivity index (χ1) is 6.09. The fourth-order valence-corrected chi connectivity index (χ4v) is 1.09. The summed E-state index contributed by atoms with van der Waals surface area (Å²) in [5.74, 6) is 0.423. The number of aliphatic hydroxyl groups is 1. The van der Waals surface area contributed by atoms with Crippen LogP contribution < -0.4 is 5.32 Å². The summed E-state index contributed by atoms with van der Waals surface area (Å²) in [6.07, 6.45) is 0.922. The van der Waals surface area contributed by atoms with Crippen LogP contribution in [0.15, 0.2) is 6.20 Å². The Morgan fingerprint density at radius 1 is 1.62 bits per heavy atom. The molecule has 0 spiro atoms. The molecule has 1 unspecified atom stereocenters. The predicted molar refractivity (Wildman–Crippen MR) is 52.2 cm³/mol. The van der Waals surface area contributed by atoms with Crippen molar-refractivity contribution >= 4 is 29.0 Å². The molecule has 1 aromatic rings. The van der Waals surface area contributed by atoms with Gasteiger partial charge in [-0.15, -0.1) is 0 Å². The Labute approximate surface area is 85.9 Å². The fourth-order valence-electron chi connectivity index (χ4n) is 0.710. The third-order valence-corrected chi connectivity index (χ3v) is 1.71. The average molecular weight is 222 g/mol. The lowest BCUT2D eigenvalue weighted by Crippen LogP contribution is -2.16. The van der Waals surface area contributed by atoms with E-state index in [9.17, 15) is 0 Å². The van der Waals surface area contributed by atoms with Crippen molar-refractivity contribution in [3.8, 4) is 0 Å².